The Hall–Kier alpha value is -1.10. The molecule has 2 aliphatic heterocycles. The average molecular weight is 225 g/mol. The van der Waals surface area contributed by atoms with Gasteiger partial charge >= 0.3 is 0 Å². The van der Waals surface area contributed by atoms with E-state index in [0.29, 0.717) is 6.54 Å². The Bertz CT molecular complexity index is 327. The van der Waals surface area contributed by atoms with Gasteiger partial charge in [0, 0.05) is 13.1 Å². The molecule has 0 aromatic heterocycles. The zero-order valence-corrected chi connectivity index (χ0v) is 9.90. The van der Waals surface area contributed by atoms with Crippen molar-refractivity contribution in [2.75, 3.05) is 19.6 Å². The third-order valence-corrected chi connectivity index (χ3v) is 3.65. The molecule has 2 heterocycles. The summed E-state index contributed by atoms with van der Waals surface area (Å²) in [5.74, 6) is 0.121. The van der Waals surface area contributed by atoms with Crippen molar-refractivity contribution >= 4 is 11.8 Å². The van der Waals surface area contributed by atoms with Crippen LogP contribution in [0.15, 0.2) is 0 Å². The maximum absolute atomic E-state index is 12.2. The quantitative estimate of drug-likeness (QED) is 0.692. The third-order valence-electron chi connectivity index (χ3n) is 3.65. The van der Waals surface area contributed by atoms with E-state index >= 15 is 0 Å². The van der Waals surface area contributed by atoms with Crippen molar-refractivity contribution in [3.05, 3.63) is 0 Å². The lowest BCUT2D eigenvalue weighted by Crippen LogP contribution is -2.64. The van der Waals surface area contributed by atoms with Crippen molar-refractivity contribution in [1.82, 2.24) is 9.80 Å². The number of nitrogens with two attached hydrogens (primary N) is 1. The second-order valence-corrected chi connectivity index (χ2v) is 5.19. The first-order valence-electron chi connectivity index (χ1n) is 5.78. The maximum atomic E-state index is 12.2. The number of nitrogens with zero attached hydrogens (tertiary/aromatic N) is 2. The van der Waals surface area contributed by atoms with Gasteiger partial charge in [-0.1, -0.05) is 0 Å². The number of carbonyl (C=O) groups excluding carboxylic acids is 2. The summed E-state index contributed by atoms with van der Waals surface area (Å²) in [7, 11) is 0. The molecule has 1 atom stereocenters. The highest BCUT2D eigenvalue weighted by molar-refractivity contribution is 5.95. The summed E-state index contributed by atoms with van der Waals surface area (Å²) in [6.45, 7) is 5.09. The largest absolute Gasteiger partial charge is 0.329 e. The molecular weight excluding hydrogens is 206 g/mol. The van der Waals surface area contributed by atoms with E-state index in [-0.39, 0.29) is 24.4 Å². The van der Waals surface area contributed by atoms with E-state index in [0.717, 1.165) is 19.4 Å². The topological polar surface area (TPSA) is 66.6 Å². The van der Waals surface area contributed by atoms with Crippen LogP contribution in [0.5, 0.6) is 0 Å². The van der Waals surface area contributed by atoms with Gasteiger partial charge in [-0.2, -0.15) is 0 Å². The number of carbonyl (C=O) groups is 2. The number of rotatable bonds is 2. The third kappa shape index (κ3) is 1.59. The van der Waals surface area contributed by atoms with E-state index in [2.05, 4.69) is 0 Å². The summed E-state index contributed by atoms with van der Waals surface area (Å²) in [4.78, 5) is 27.5. The molecule has 0 radical (unpaired) electrons. The molecule has 5 heteroatoms. The van der Waals surface area contributed by atoms with Crippen molar-refractivity contribution in [2.24, 2.45) is 5.73 Å². The lowest BCUT2D eigenvalue weighted by molar-refractivity contribution is -0.158. The molecule has 2 aliphatic rings. The van der Waals surface area contributed by atoms with Crippen molar-refractivity contribution in [2.45, 2.75) is 38.3 Å². The Balaban J connectivity index is 2.24. The Morgan fingerprint density at radius 1 is 1.44 bits per heavy atom. The molecule has 5 nitrogen and oxygen atoms in total. The van der Waals surface area contributed by atoms with Crippen LogP contribution in [-0.2, 0) is 9.59 Å². The molecule has 0 aromatic carbocycles. The minimum Gasteiger partial charge on any atom is -0.329 e. The van der Waals surface area contributed by atoms with Crippen LogP contribution in [0.4, 0.5) is 0 Å². The SMILES string of the molecule is CC(C)(CN)N1CC(=O)N2CCCC2C1=O. The van der Waals surface area contributed by atoms with Gasteiger partial charge in [-0.3, -0.25) is 9.59 Å². The fourth-order valence-electron chi connectivity index (χ4n) is 2.43. The normalized spacial score (nSPS) is 26.3. The van der Waals surface area contributed by atoms with Gasteiger partial charge in [0.25, 0.3) is 0 Å². The number of hydrogen-bond acceptors (Lipinski definition) is 3. The van der Waals surface area contributed by atoms with Crippen molar-refractivity contribution in [3.63, 3.8) is 0 Å². The lowest BCUT2D eigenvalue weighted by Gasteiger charge is -2.44. The van der Waals surface area contributed by atoms with Gasteiger partial charge in [0.2, 0.25) is 11.8 Å². The molecule has 0 aromatic rings. The van der Waals surface area contributed by atoms with Crippen LogP contribution in [0.3, 0.4) is 0 Å². The molecule has 2 fully saturated rings. The van der Waals surface area contributed by atoms with Gasteiger partial charge < -0.3 is 15.5 Å². The minimum atomic E-state index is -0.429. The zero-order valence-electron chi connectivity index (χ0n) is 9.90. The summed E-state index contributed by atoms with van der Waals surface area (Å²) < 4.78 is 0. The van der Waals surface area contributed by atoms with E-state index in [4.69, 9.17) is 5.73 Å². The second-order valence-electron chi connectivity index (χ2n) is 5.19. The van der Waals surface area contributed by atoms with Crippen molar-refractivity contribution < 1.29 is 9.59 Å². The molecule has 2 rings (SSSR count). The second kappa shape index (κ2) is 3.73. The standard InChI is InChI=1S/C11H19N3O2/c1-11(2,7-12)14-6-9(15)13-5-3-4-8(13)10(14)16/h8H,3-7,12H2,1-2H3. The highest BCUT2D eigenvalue weighted by atomic mass is 16.2. The highest BCUT2D eigenvalue weighted by Gasteiger charge is 2.45. The van der Waals surface area contributed by atoms with E-state index < -0.39 is 5.54 Å². The first-order chi connectivity index (χ1) is 7.47. The molecule has 1 unspecified atom stereocenters. The van der Waals surface area contributed by atoms with Crippen molar-refractivity contribution in [1.29, 1.82) is 0 Å². The van der Waals surface area contributed by atoms with E-state index in [1.807, 2.05) is 13.8 Å². The van der Waals surface area contributed by atoms with Gasteiger partial charge in [0.05, 0.1) is 5.54 Å². The number of piperazine rings is 1. The van der Waals surface area contributed by atoms with E-state index in [1.54, 1.807) is 9.80 Å². The van der Waals surface area contributed by atoms with Crippen LogP contribution in [-0.4, -0.2) is 52.8 Å². The monoisotopic (exact) mass is 225 g/mol. The summed E-state index contributed by atoms with van der Waals surface area (Å²) in [5.41, 5.74) is 5.23. The molecule has 16 heavy (non-hydrogen) atoms. The first kappa shape index (κ1) is 11.4. The minimum absolute atomic E-state index is 0.0589. The molecule has 2 amide bonds. The molecule has 0 bridgehead atoms. The molecule has 0 aliphatic carbocycles. The van der Waals surface area contributed by atoms with Crippen molar-refractivity contribution in [3.8, 4) is 0 Å². The van der Waals surface area contributed by atoms with Gasteiger partial charge in [-0.05, 0) is 26.7 Å². The number of hydrogen-bond donors (Lipinski definition) is 1. The van der Waals surface area contributed by atoms with Gasteiger partial charge in [0.15, 0.2) is 0 Å². The van der Waals surface area contributed by atoms with E-state index in [9.17, 15) is 9.59 Å². The first-order valence-corrected chi connectivity index (χ1v) is 5.78. The molecule has 0 saturated carbocycles. The van der Waals surface area contributed by atoms with Crippen LogP contribution in [0.2, 0.25) is 0 Å². The summed E-state index contributed by atoms with van der Waals surface area (Å²) in [6, 6.07) is -0.230. The molecule has 2 saturated heterocycles. The van der Waals surface area contributed by atoms with Gasteiger partial charge in [0.1, 0.15) is 12.6 Å². The van der Waals surface area contributed by atoms with Crippen LogP contribution < -0.4 is 5.73 Å². The van der Waals surface area contributed by atoms with Crippen LogP contribution in [0.25, 0.3) is 0 Å². The van der Waals surface area contributed by atoms with Crippen LogP contribution >= 0.6 is 0 Å². The maximum Gasteiger partial charge on any atom is 0.246 e. The fourth-order valence-corrected chi connectivity index (χ4v) is 2.43. The Labute approximate surface area is 95.6 Å². The summed E-state index contributed by atoms with van der Waals surface area (Å²) in [5, 5.41) is 0. The summed E-state index contributed by atoms with van der Waals surface area (Å²) >= 11 is 0. The van der Waals surface area contributed by atoms with E-state index in [1.165, 1.54) is 0 Å². The molecule has 2 N–H and O–H groups in total. The molecule has 0 spiro atoms. The fraction of sp³-hybridized carbons (Fsp3) is 0.818. The highest BCUT2D eigenvalue weighted by Crippen LogP contribution is 2.27. The van der Waals surface area contributed by atoms with Crippen LogP contribution in [0.1, 0.15) is 26.7 Å². The Morgan fingerprint density at radius 2 is 2.12 bits per heavy atom. The molecular formula is C11H19N3O2. The summed E-state index contributed by atoms with van der Waals surface area (Å²) in [6.07, 6.45) is 1.72. The van der Waals surface area contributed by atoms with Crippen LogP contribution in [0, 0.1) is 0 Å². The predicted octanol–water partition coefficient (Wildman–Crippen LogP) is -0.443. The lowest BCUT2D eigenvalue weighted by atomic mass is 9.99. The average Bonchev–Trinajstić information content (AvgIpc) is 2.72. The van der Waals surface area contributed by atoms with Gasteiger partial charge in [-0.15, -0.1) is 0 Å². The number of fused-ring (bicyclic) bond motifs is 1. The predicted molar refractivity (Wildman–Crippen MR) is 59.6 cm³/mol. The Kier molecular flexibility index (Phi) is 2.66. The molecule has 90 valence electrons. The van der Waals surface area contributed by atoms with Gasteiger partial charge in [-0.25, -0.2) is 0 Å². The smallest absolute Gasteiger partial charge is 0.246 e. The number of amides is 2. The zero-order chi connectivity index (χ0) is 11.9. The Morgan fingerprint density at radius 3 is 2.75 bits per heavy atom.